The third-order valence-corrected chi connectivity index (χ3v) is 5.17. The second-order valence-electron chi connectivity index (χ2n) is 7.28. The van der Waals surface area contributed by atoms with E-state index in [4.69, 9.17) is 0 Å². The number of carbonyl (C=O) groups excluding carboxylic acids is 1. The van der Waals surface area contributed by atoms with Crippen LogP contribution in [0.4, 0.5) is 16.0 Å². The summed E-state index contributed by atoms with van der Waals surface area (Å²) in [5.74, 6) is 0.518. The van der Waals surface area contributed by atoms with Crippen molar-refractivity contribution in [2.24, 2.45) is 0 Å². The first kappa shape index (κ1) is 19.1. The second-order valence-corrected chi connectivity index (χ2v) is 7.28. The van der Waals surface area contributed by atoms with Crippen LogP contribution in [0.5, 0.6) is 0 Å². The molecule has 2 heterocycles. The van der Waals surface area contributed by atoms with Crippen molar-refractivity contribution < 1.29 is 9.18 Å². The molecule has 0 aliphatic carbocycles. The van der Waals surface area contributed by atoms with Gasteiger partial charge in [-0.2, -0.15) is 0 Å². The van der Waals surface area contributed by atoms with Crippen LogP contribution in [0.25, 0.3) is 0 Å². The Hall–Kier alpha value is -3.28. The Morgan fingerprint density at radius 1 is 1.10 bits per heavy atom. The number of anilines is 2. The van der Waals surface area contributed by atoms with E-state index in [-0.39, 0.29) is 24.1 Å². The minimum absolute atomic E-state index is 0.0676. The van der Waals surface area contributed by atoms with Gasteiger partial charge in [0.1, 0.15) is 5.82 Å². The molecule has 6 heteroatoms. The molecule has 0 saturated carbocycles. The third-order valence-electron chi connectivity index (χ3n) is 5.17. The van der Waals surface area contributed by atoms with Gasteiger partial charge in [-0.25, -0.2) is 14.4 Å². The van der Waals surface area contributed by atoms with Crippen LogP contribution in [0, 0.1) is 5.82 Å². The van der Waals surface area contributed by atoms with Crippen LogP contribution in [0.15, 0.2) is 66.9 Å². The number of piperidine rings is 1. The fraction of sp³-hybridized carbons (Fsp3) is 0.261. The minimum atomic E-state index is -0.289. The van der Waals surface area contributed by atoms with Crippen molar-refractivity contribution >= 4 is 17.5 Å². The summed E-state index contributed by atoms with van der Waals surface area (Å²) in [6, 6.07) is 17.8. The number of hydrogen-bond donors (Lipinski definition) is 1. The monoisotopic (exact) mass is 390 g/mol. The van der Waals surface area contributed by atoms with Gasteiger partial charge in [0.05, 0.1) is 12.1 Å². The molecule has 0 bridgehead atoms. The smallest absolute Gasteiger partial charge is 0.227 e. The first-order chi connectivity index (χ1) is 14.2. The largest absolute Gasteiger partial charge is 0.342 e. The number of para-hydroxylation sites is 1. The van der Waals surface area contributed by atoms with Gasteiger partial charge in [0.15, 0.2) is 0 Å². The normalized spacial score (nSPS) is 16.4. The summed E-state index contributed by atoms with van der Waals surface area (Å²) < 4.78 is 13.1. The number of hydrogen-bond acceptors (Lipinski definition) is 4. The van der Waals surface area contributed by atoms with Crippen molar-refractivity contribution in [1.29, 1.82) is 0 Å². The van der Waals surface area contributed by atoms with Gasteiger partial charge in [-0.3, -0.25) is 4.79 Å². The molecule has 2 aromatic carbocycles. The van der Waals surface area contributed by atoms with Gasteiger partial charge in [0.2, 0.25) is 11.9 Å². The SMILES string of the molecule is O=C(Cc1ccc(F)cc1)N1CCC[C@H](c2ccnc(Nc3ccccc3)n2)C1. The van der Waals surface area contributed by atoms with Gasteiger partial charge in [-0.05, 0) is 48.7 Å². The van der Waals surface area contributed by atoms with Crippen LogP contribution < -0.4 is 5.32 Å². The first-order valence-corrected chi connectivity index (χ1v) is 9.84. The van der Waals surface area contributed by atoms with Crippen LogP contribution in [-0.4, -0.2) is 33.9 Å². The van der Waals surface area contributed by atoms with E-state index in [9.17, 15) is 9.18 Å². The van der Waals surface area contributed by atoms with E-state index in [2.05, 4.69) is 15.3 Å². The summed E-state index contributed by atoms with van der Waals surface area (Å²) in [6.45, 7) is 1.39. The molecule has 1 fully saturated rings. The van der Waals surface area contributed by atoms with Crippen LogP contribution in [0.1, 0.15) is 30.0 Å². The highest BCUT2D eigenvalue weighted by Gasteiger charge is 2.26. The third kappa shape index (κ3) is 4.96. The molecule has 1 amide bonds. The number of nitrogens with one attached hydrogen (secondary N) is 1. The molecule has 29 heavy (non-hydrogen) atoms. The van der Waals surface area contributed by atoms with E-state index in [1.165, 1.54) is 12.1 Å². The van der Waals surface area contributed by atoms with E-state index in [1.54, 1.807) is 18.3 Å². The molecule has 5 nitrogen and oxygen atoms in total. The molecule has 1 aliphatic rings. The summed E-state index contributed by atoms with van der Waals surface area (Å²) >= 11 is 0. The minimum Gasteiger partial charge on any atom is -0.342 e. The van der Waals surface area contributed by atoms with Crippen molar-refractivity contribution in [2.75, 3.05) is 18.4 Å². The molecular weight excluding hydrogens is 367 g/mol. The van der Waals surface area contributed by atoms with E-state index >= 15 is 0 Å². The Balaban J connectivity index is 1.42. The van der Waals surface area contributed by atoms with Crippen LogP contribution in [-0.2, 0) is 11.2 Å². The summed E-state index contributed by atoms with van der Waals surface area (Å²) in [5, 5.41) is 3.22. The maximum absolute atomic E-state index is 13.1. The van der Waals surface area contributed by atoms with Crippen LogP contribution in [0.3, 0.4) is 0 Å². The Morgan fingerprint density at radius 3 is 2.69 bits per heavy atom. The highest BCUT2D eigenvalue weighted by molar-refractivity contribution is 5.79. The highest BCUT2D eigenvalue weighted by atomic mass is 19.1. The molecule has 0 radical (unpaired) electrons. The average molecular weight is 390 g/mol. The van der Waals surface area contributed by atoms with Gasteiger partial charge in [0.25, 0.3) is 0 Å². The molecule has 1 aliphatic heterocycles. The van der Waals surface area contributed by atoms with E-state index in [0.717, 1.165) is 36.3 Å². The maximum atomic E-state index is 13.1. The Morgan fingerprint density at radius 2 is 1.90 bits per heavy atom. The number of carbonyl (C=O) groups is 1. The summed E-state index contributed by atoms with van der Waals surface area (Å²) in [4.78, 5) is 23.6. The first-order valence-electron chi connectivity index (χ1n) is 9.84. The molecule has 4 rings (SSSR count). The molecular formula is C23H23FN4O. The van der Waals surface area contributed by atoms with Gasteiger partial charge >= 0.3 is 0 Å². The van der Waals surface area contributed by atoms with Crippen molar-refractivity contribution in [2.45, 2.75) is 25.2 Å². The van der Waals surface area contributed by atoms with Crippen molar-refractivity contribution in [3.63, 3.8) is 0 Å². The van der Waals surface area contributed by atoms with Gasteiger partial charge < -0.3 is 10.2 Å². The standard InChI is InChI=1S/C23H23FN4O/c24-19-10-8-17(9-11-19)15-22(29)28-14-4-5-18(16-28)21-12-13-25-23(27-21)26-20-6-2-1-3-7-20/h1-3,6-13,18H,4-5,14-16H2,(H,25,26,27)/t18-/m0/s1. The van der Waals surface area contributed by atoms with Crippen molar-refractivity contribution in [1.82, 2.24) is 14.9 Å². The summed E-state index contributed by atoms with van der Waals surface area (Å²) in [5.41, 5.74) is 2.71. The van der Waals surface area contributed by atoms with Gasteiger partial charge in [-0.1, -0.05) is 30.3 Å². The van der Waals surface area contributed by atoms with E-state index in [1.807, 2.05) is 41.3 Å². The number of aromatic nitrogens is 2. The lowest BCUT2D eigenvalue weighted by Crippen LogP contribution is -2.40. The second kappa shape index (κ2) is 8.82. The zero-order valence-electron chi connectivity index (χ0n) is 16.1. The lowest BCUT2D eigenvalue weighted by molar-refractivity contribution is -0.131. The number of benzene rings is 2. The molecule has 1 saturated heterocycles. The molecule has 1 N–H and O–H groups in total. The maximum Gasteiger partial charge on any atom is 0.227 e. The highest BCUT2D eigenvalue weighted by Crippen LogP contribution is 2.27. The lowest BCUT2D eigenvalue weighted by Gasteiger charge is -2.32. The van der Waals surface area contributed by atoms with Crippen molar-refractivity contribution in [3.05, 3.63) is 83.9 Å². The van der Waals surface area contributed by atoms with Crippen LogP contribution >= 0.6 is 0 Å². The zero-order chi connectivity index (χ0) is 20.1. The Labute approximate surface area is 169 Å². The van der Waals surface area contributed by atoms with E-state index < -0.39 is 0 Å². The predicted molar refractivity (Wildman–Crippen MR) is 110 cm³/mol. The number of halogens is 1. The molecule has 3 aromatic rings. The fourth-order valence-electron chi connectivity index (χ4n) is 3.64. The molecule has 1 aromatic heterocycles. The predicted octanol–water partition coefficient (Wildman–Crippen LogP) is 4.31. The summed E-state index contributed by atoms with van der Waals surface area (Å²) in [6.07, 6.45) is 3.97. The fourth-order valence-corrected chi connectivity index (χ4v) is 3.64. The lowest BCUT2D eigenvalue weighted by atomic mass is 9.94. The number of amides is 1. The number of rotatable bonds is 5. The summed E-state index contributed by atoms with van der Waals surface area (Å²) in [7, 11) is 0. The number of nitrogens with zero attached hydrogens (tertiary/aromatic N) is 3. The van der Waals surface area contributed by atoms with E-state index in [0.29, 0.717) is 12.5 Å². The molecule has 148 valence electrons. The average Bonchev–Trinajstić information content (AvgIpc) is 2.76. The molecule has 1 atom stereocenters. The quantitative estimate of drug-likeness (QED) is 0.705. The Kier molecular flexibility index (Phi) is 5.79. The van der Waals surface area contributed by atoms with Gasteiger partial charge in [-0.15, -0.1) is 0 Å². The number of likely N-dealkylation sites (tertiary alicyclic amines) is 1. The molecule has 0 unspecified atom stereocenters. The van der Waals surface area contributed by atoms with Gasteiger partial charge in [0, 0.05) is 30.9 Å². The van der Waals surface area contributed by atoms with Crippen molar-refractivity contribution in [3.8, 4) is 0 Å². The topological polar surface area (TPSA) is 58.1 Å². The Bertz CT molecular complexity index is 962. The molecule has 0 spiro atoms. The zero-order valence-corrected chi connectivity index (χ0v) is 16.1. The van der Waals surface area contributed by atoms with Crippen LogP contribution in [0.2, 0.25) is 0 Å².